The number of rotatable bonds is 5. The summed E-state index contributed by atoms with van der Waals surface area (Å²) in [6.07, 6.45) is 6.24. The number of hydrogen-bond acceptors (Lipinski definition) is 3. The molecule has 0 saturated heterocycles. The van der Waals surface area contributed by atoms with E-state index in [1.54, 1.807) is 30.3 Å². The van der Waals surface area contributed by atoms with Crippen molar-refractivity contribution in [3.63, 3.8) is 0 Å². The number of sulfonamides is 1. The number of fused-ring (bicyclic) bond motifs is 1. The van der Waals surface area contributed by atoms with Crippen LogP contribution in [0.1, 0.15) is 35.6 Å². The van der Waals surface area contributed by atoms with Gasteiger partial charge < -0.3 is 5.32 Å². The van der Waals surface area contributed by atoms with Crippen LogP contribution in [0.3, 0.4) is 0 Å². The zero-order valence-electron chi connectivity index (χ0n) is 15.6. The van der Waals surface area contributed by atoms with Crippen molar-refractivity contribution in [2.75, 3.05) is 14.1 Å². The molecule has 2 aromatic carbocycles. The molecule has 0 spiro atoms. The molecule has 2 aromatic rings. The second-order valence-corrected chi connectivity index (χ2v) is 8.99. The van der Waals surface area contributed by atoms with Crippen molar-refractivity contribution >= 4 is 22.0 Å². The third-order valence-corrected chi connectivity index (χ3v) is 6.60. The molecule has 1 aliphatic carbocycles. The fourth-order valence-corrected chi connectivity index (χ4v) is 4.16. The lowest BCUT2D eigenvalue weighted by Crippen LogP contribution is -2.29. The molecule has 0 saturated carbocycles. The van der Waals surface area contributed by atoms with Gasteiger partial charge in [0, 0.05) is 20.2 Å². The average Bonchev–Trinajstić information content (AvgIpc) is 2.67. The first-order chi connectivity index (χ1) is 12.9. The van der Waals surface area contributed by atoms with Crippen molar-refractivity contribution in [2.45, 2.75) is 30.2 Å². The fourth-order valence-electron chi connectivity index (χ4n) is 3.26. The minimum atomic E-state index is -3.44. The maximum atomic E-state index is 12.3. The maximum Gasteiger partial charge on any atom is 0.244 e. The Morgan fingerprint density at radius 2 is 1.81 bits per heavy atom. The molecule has 1 N–H and O–H groups in total. The number of carbonyl (C=O) groups excluding carboxylic acids is 1. The highest BCUT2D eigenvalue weighted by Gasteiger charge is 2.20. The molecule has 0 radical (unpaired) electrons. The van der Waals surface area contributed by atoms with Gasteiger partial charge in [0.2, 0.25) is 15.9 Å². The van der Waals surface area contributed by atoms with Crippen molar-refractivity contribution in [1.82, 2.24) is 9.62 Å². The van der Waals surface area contributed by atoms with Crippen LogP contribution in [0.15, 0.2) is 59.5 Å². The van der Waals surface area contributed by atoms with Gasteiger partial charge in [-0.25, -0.2) is 12.7 Å². The highest BCUT2D eigenvalue weighted by molar-refractivity contribution is 7.89. The first-order valence-electron chi connectivity index (χ1n) is 8.97. The van der Waals surface area contributed by atoms with E-state index in [9.17, 15) is 13.2 Å². The summed E-state index contributed by atoms with van der Waals surface area (Å²) in [7, 11) is -0.449. The molecule has 0 aliphatic heterocycles. The standard InChI is InChI=1S/C21H24N2O3S/c1-23(2)27(25,26)18-13-10-16(11-14-18)12-15-21(24)22-20-9-5-7-17-6-3-4-8-19(17)20/h3-4,6,8,10-15,20H,5,7,9H2,1-2H3,(H,22,24)/b15-12+. The number of aryl methyl sites for hydroxylation is 1. The molecular formula is C21H24N2O3S. The molecule has 6 heteroatoms. The van der Waals surface area contributed by atoms with E-state index in [1.165, 1.54) is 35.6 Å². The third kappa shape index (κ3) is 4.46. The number of benzene rings is 2. The first kappa shape index (κ1) is 19.3. The van der Waals surface area contributed by atoms with Gasteiger partial charge in [0.25, 0.3) is 0 Å². The van der Waals surface area contributed by atoms with Gasteiger partial charge in [-0.2, -0.15) is 0 Å². The van der Waals surface area contributed by atoms with Gasteiger partial charge in [0.1, 0.15) is 0 Å². The molecule has 1 atom stereocenters. The Labute approximate surface area is 160 Å². The molecule has 3 rings (SSSR count). The summed E-state index contributed by atoms with van der Waals surface area (Å²) in [5.74, 6) is -0.151. The summed E-state index contributed by atoms with van der Waals surface area (Å²) in [5.41, 5.74) is 3.27. The first-order valence-corrected chi connectivity index (χ1v) is 10.4. The lowest BCUT2D eigenvalue weighted by molar-refractivity contribution is -0.117. The van der Waals surface area contributed by atoms with Gasteiger partial charge in [0.05, 0.1) is 10.9 Å². The summed E-state index contributed by atoms with van der Waals surface area (Å²) in [6.45, 7) is 0. The van der Waals surface area contributed by atoms with Gasteiger partial charge in [-0.3, -0.25) is 4.79 Å². The zero-order valence-corrected chi connectivity index (χ0v) is 16.4. The van der Waals surface area contributed by atoms with Crippen LogP contribution >= 0.6 is 0 Å². The molecule has 1 aliphatic rings. The van der Waals surface area contributed by atoms with E-state index in [2.05, 4.69) is 17.4 Å². The Morgan fingerprint density at radius 1 is 1.11 bits per heavy atom. The van der Waals surface area contributed by atoms with Crippen LogP contribution < -0.4 is 5.32 Å². The maximum absolute atomic E-state index is 12.3. The highest BCUT2D eigenvalue weighted by atomic mass is 32.2. The van der Waals surface area contributed by atoms with Crippen LogP contribution in [0.4, 0.5) is 0 Å². The van der Waals surface area contributed by atoms with Crippen molar-refractivity contribution in [1.29, 1.82) is 0 Å². The number of nitrogens with one attached hydrogen (secondary N) is 1. The number of nitrogens with zero attached hydrogens (tertiary/aromatic N) is 1. The zero-order chi connectivity index (χ0) is 19.4. The quantitative estimate of drug-likeness (QED) is 0.806. The normalized spacial score (nSPS) is 17.1. The van der Waals surface area contributed by atoms with Crippen molar-refractivity contribution in [3.8, 4) is 0 Å². The number of carbonyl (C=O) groups is 1. The van der Waals surface area contributed by atoms with Gasteiger partial charge >= 0.3 is 0 Å². The highest BCUT2D eigenvalue weighted by Crippen LogP contribution is 2.29. The molecule has 0 aromatic heterocycles. The average molecular weight is 385 g/mol. The largest absolute Gasteiger partial charge is 0.346 e. The van der Waals surface area contributed by atoms with E-state index in [1.807, 2.05) is 12.1 Å². The topological polar surface area (TPSA) is 66.5 Å². The molecule has 5 nitrogen and oxygen atoms in total. The molecular weight excluding hydrogens is 360 g/mol. The predicted molar refractivity (Wildman–Crippen MR) is 107 cm³/mol. The minimum absolute atomic E-state index is 0.0414. The van der Waals surface area contributed by atoms with Crippen LogP contribution in [0.5, 0.6) is 0 Å². The van der Waals surface area contributed by atoms with E-state index < -0.39 is 10.0 Å². The number of hydrogen-bond donors (Lipinski definition) is 1. The Hall–Kier alpha value is -2.44. The lowest BCUT2D eigenvalue weighted by atomic mass is 9.88. The van der Waals surface area contributed by atoms with Crippen molar-refractivity contribution in [2.24, 2.45) is 0 Å². The Balaban J connectivity index is 1.66. The lowest BCUT2D eigenvalue weighted by Gasteiger charge is -2.25. The Kier molecular flexibility index (Phi) is 5.77. The third-order valence-electron chi connectivity index (χ3n) is 4.77. The second kappa shape index (κ2) is 8.06. The Bertz CT molecular complexity index is 948. The van der Waals surface area contributed by atoms with Gasteiger partial charge in [-0.05, 0) is 54.2 Å². The van der Waals surface area contributed by atoms with Crippen LogP contribution in [0.2, 0.25) is 0 Å². The molecule has 0 fully saturated rings. The fraction of sp³-hybridized carbons (Fsp3) is 0.286. The number of amides is 1. The molecule has 1 unspecified atom stereocenters. The summed E-state index contributed by atoms with van der Waals surface area (Å²) in [5, 5.41) is 3.07. The van der Waals surface area contributed by atoms with Crippen LogP contribution in [-0.4, -0.2) is 32.7 Å². The van der Waals surface area contributed by atoms with Gasteiger partial charge in [-0.1, -0.05) is 36.4 Å². The van der Waals surface area contributed by atoms with Crippen molar-refractivity contribution < 1.29 is 13.2 Å². The molecule has 142 valence electrons. The predicted octanol–water partition coefficient (Wildman–Crippen LogP) is 3.14. The van der Waals surface area contributed by atoms with Crippen molar-refractivity contribution in [3.05, 3.63) is 71.3 Å². The van der Waals surface area contributed by atoms with E-state index in [4.69, 9.17) is 0 Å². The summed E-state index contributed by atoms with van der Waals surface area (Å²) in [4.78, 5) is 12.5. The van der Waals surface area contributed by atoms with Crippen LogP contribution in [-0.2, 0) is 21.2 Å². The summed E-state index contributed by atoms with van der Waals surface area (Å²) >= 11 is 0. The van der Waals surface area contributed by atoms with E-state index in [-0.39, 0.29) is 16.8 Å². The van der Waals surface area contributed by atoms with Gasteiger partial charge in [0.15, 0.2) is 0 Å². The monoisotopic (exact) mass is 384 g/mol. The molecule has 0 heterocycles. The Morgan fingerprint density at radius 3 is 2.52 bits per heavy atom. The van der Waals surface area contributed by atoms with Gasteiger partial charge in [-0.15, -0.1) is 0 Å². The second-order valence-electron chi connectivity index (χ2n) is 6.84. The van der Waals surface area contributed by atoms with Crippen LogP contribution in [0, 0.1) is 0 Å². The molecule has 27 heavy (non-hydrogen) atoms. The van der Waals surface area contributed by atoms with E-state index in [0.717, 1.165) is 24.8 Å². The SMILES string of the molecule is CN(C)S(=O)(=O)c1ccc(/C=C/C(=O)NC2CCCc3ccccc32)cc1. The summed E-state index contributed by atoms with van der Waals surface area (Å²) in [6, 6.07) is 14.7. The van der Waals surface area contributed by atoms with Crippen LogP contribution in [0.25, 0.3) is 6.08 Å². The molecule has 1 amide bonds. The smallest absolute Gasteiger partial charge is 0.244 e. The van der Waals surface area contributed by atoms with E-state index >= 15 is 0 Å². The molecule has 0 bridgehead atoms. The van der Waals surface area contributed by atoms with E-state index in [0.29, 0.717) is 0 Å². The summed E-state index contributed by atoms with van der Waals surface area (Å²) < 4.78 is 25.3. The minimum Gasteiger partial charge on any atom is -0.346 e.